The molecule has 0 saturated heterocycles. The third-order valence-corrected chi connectivity index (χ3v) is 4.34. The minimum Gasteiger partial charge on any atom is -0.327 e. The molecule has 0 aliphatic carbocycles. The molecule has 0 spiro atoms. The zero-order valence-corrected chi connectivity index (χ0v) is 14.9. The van der Waals surface area contributed by atoms with Crippen LogP contribution in [-0.2, 0) is 11.3 Å². The average molecular weight is 336 g/mol. The fraction of sp³-hybridized carbons (Fsp3) is 0.300. The standard InChI is InChI=1S/C20H24N4O/c1-14(17-7-6-8-18(13-17)23-16(3)25)21-11-12-24-15(2)22-19-9-4-5-10-20(19)24/h4-10,13-14,21H,11-12H2,1-3H3,(H,23,25). The zero-order valence-electron chi connectivity index (χ0n) is 14.9. The minimum atomic E-state index is -0.0553. The van der Waals surface area contributed by atoms with E-state index < -0.39 is 0 Å². The third kappa shape index (κ3) is 4.06. The Bertz CT molecular complexity index is 884. The van der Waals surface area contributed by atoms with Gasteiger partial charge in [-0.3, -0.25) is 4.79 Å². The average Bonchev–Trinajstić information content (AvgIpc) is 2.90. The van der Waals surface area contributed by atoms with Crippen molar-refractivity contribution in [1.29, 1.82) is 0 Å². The maximum absolute atomic E-state index is 11.2. The molecule has 1 unspecified atom stereocenters. The van der Waals surface area contributed by atoms with Crippen molar-refractivity contribution in [2.45, 2.75) is 33.4 Å². The highest BCUT2D eigenvalue weighted by atomic mass is 16.1. The van der Waals surface area contributed by atoms with Crippen LogP contribution in [0.4, 0.5) is 5.69 Å². The molecule has 0 bridgehead atoms. The number of nitrogens with one attached hydrogen (secondary N) is 2. The quantitative estimate of drug-likeness (QED) is 0.722. The lowest BCUT2D eigenvalue weighted by Crippen LogP contribution is -2.23. The lowest BCUT2D eigenvalue weighted by molar-refractivity contribution is -0.114. The van der Waals surface area contributed by atoms with Crippen LogP contribution >= 0.6 is 0 Å². The molecule has 5 heteroatoms. The highest BCUT2D eigenvalue weighted by molar-refractivity contribution is 5.88. The van der Waals surface area contributed by atoms with Gasteiger partial charge < -0.3 is 15.2 Å². The number of hydrogen-bond acceptors (Lipinski definition) is 3. The number of anilines is 1. The number of carbonyl (C=O) groups is 1. The van der Waals surface area contributed by atoms with Crippen molar-refractivity contribution in [2.24, 2.45) is 0 Å². The number of nitrogens with zero attached hydrogens (tertiary/aromatic N) is 2. The van der Waals surface area contributed by atoms with Gasteiger partial charge in [0, 0.05) is 31.7 Å². The SMILES string of the molecule is CC(=O)Nc1cccc(C(C)NCCn2c(C)nc3ccccc32)c1. The summed E-state index contributed by atoms with van der Waals surface area (Å²) < 4.78 is 2.24. The van der Waals surface area contributed by atoms with E-state index in [1.165, 1.54) is 12.4 Å². The van der Waals surface area contributed by atoms with Crippen LogP contribution in [0.1, 0.15) is 31.3 Å². The smallest absolute Gasteiger partial charge is 0.221 e. The maximum atomic E-state index is 11.2. The normalized spacial score (nSPS) is 12.3. The van der Waals surface area contributed by atoms with Gasteiger partial charge in [0.05, 0.1) is 11.0 Å². The summed E-state index contributed by atoms with van der Waals surface area (Å²) >= 11 is 0. The van der Waals surface area contributed by atoms with Gasteiger partial charge in [0.1, 0.15) is 5.82 Å². The molecule has 1 atom stereocenters. The number of amides is 1. The Morgan fingerprint density at radius 1 is 1.20 bits per heavy atom. The summed E-state index contributed by atoms with van der Waals surface area (Å²) in [5.74, 6) is 0.975. The molecule has 25 heavy (non-hydrogen) atoms. The number of benzene rings is 2. The van der Waals surface area contributed by atoms with Crippen LogP contribution in [-0.4, -0.2) is 22.0 Å². The summed E-state index contributed by atoms with van der Waals surface area (Å²) in [5.41, 5.74) is 4.19. The molecule has 130 valence electrons. The summed E-state index contributed by atoms with van der Waals surface area (Å²) in [6.45, 7) is 7.40. The number of imidazole rings is 1. The minimum absolute atomic E-state index is 0.0553. The molecule has 1 amide bonds. The Hall–Kier alpha value is -2.66. The number of carbonyl (C=O) groups excluding carboxylic acids is 1. The number of rotatable bonds is 6. The summed E-state index contributed by atoms with van der Waals surface area (Å²) in [4.78, 5) is 15.8. The van der Waals surface area contributed by atoms with Crippen LogP contribution in [0.2, 0.25) is 0 Å². The molecular formula is C20H24N4O. The van der Waals surface area contributed by atoms with E-state index in [0.717, 1.165) is 35.7 Å². The third-order valence-electron chi connectivity index (χ3n) is 4.34. The molecule has 0 saturated carbocycles. The van der Waals surface area contributed by atoms with Gasteiger partial charge in [-0.2, -0.15) is 0 Å². The molecule has 0 fully saturated rings. The van der Waals surface area contributed by atoms with E-state index in [2.05, 4.69) is 39.2 Å². The molecular weight excluding hydrogens is 312 g/mol. The monoisotopic (exact) mass is 336 g/mol. The van der Waals surface area contributed by atoms with Gasteiger partial charge in [0.2, 0.25) is 5.91 Å². The number of aromatic nitrogens is 2. The van der Waals surface area contributed by atoms with Crippen molar-refractivity contribution in [1.82, 2.24) is 14.9 Å². The summed E-state index contributed by atoms with van der Waals surface area (Å²) in [6, 6.07) is 16.4. The Morgan fingerprint density at radius 2 is 2.00 bits per heavy atom. The van der Waals surface area contributed by atoms with Crippen LogP contribution in [0.3, 0.4) is 0 Å². The van der Waals surface area contributed by atoms with Crippen LogP contribution in [0.15, 0.2) is 48.5 Å². The molecule has 0 radical (unpaired) electrons. The van der Waals surface area contributed by atoms with Gasteiger partial charge >= 0.3 is 0 Å². The van der Waals surface area contributed by atoms with Gasteiger partial charge in [-0.05, 0) is 43.7 Å². The highest BCUT2D eigenvalue weighted by Gasteiger charge is 2.09. The highest BCUT2D eigenvalue weighted by Crippen LogP contribution is 2.18. The van der Waals surface area contributed by atoms with Crippen molar-refractivity contribution in [3.8, 4) is 0 Å². The van der Waals surface area contributed by atoms with Crippen LogP contribution in [0.25, 0.3) is 11.0 Å². The van der Waals surface area contributed by atoms with Crippen LogP contribution in [0, 0.1) is 6.92 Å². The van der Waals surface area contributed by atoms with Crippen LogP contribution < -0.4 is 10.6 Å². The second-order valence-electron chi connectivity index (χ2n) is 6.28. The fourth-order valence-electron chi connectivity index (χ4n) is 3.08. The van der Waals surface area contributed by atoms with E-state index in [1.54, 1.807) is 0 Å². The van der Waals surface area contributed by atoms with E-state index in [1.807, 2.05) is 43.3 Å². The zero-order chi connectivity index (χ0) is 17.8. The first-order chi connectivity index (χ1) is 12.0. The fourth-order valence-corrected chi connectivity index (χ4v) is 3.08. The summed E-state index contributed by atoms with van der Waals surface area (Å²) in [7, 11) is 0. The largest absolute Gasteiger partial charge is 0.327 e. The number of fused-ring (bicyclic) bond motifs is 1. The molecule has 1 aromatic heterocycles. The summed E-state index contributed by atoms with van der Waals surface area (Å²) in [6.07, 6.45) is 0. The summed E-state index contributed by atoms with van der Waals surface area (Å²) in [5, 5.41) is 6.38. The molecule has 0 aliphatic heterocycles. The van der Waals surface area contributed by atoms with E-state index in [-0.39, 0.29) is 11.9 Å². The Kier molecular flexibility index (Phi) is 5.14. The Balaban J connectivity index is 1.63. The number of para-hydroxylation sites is 2. The molecule has 3 rings (SSSR count). The predicted molar refractivity (Wildman–Crippen MR) is 102 cm³/mol. The molecule has 2 N–H and O–H groups in total. The van der Waals surface area contributed by atoms with Crippen molar-refractivity contribution in [3.63, 3.8) is 0 Å². The lowest BCUT2D eigenvalue weighted by Gasteiger charge is -2.16. The maximum Gasteiger partial charge on any atom is 0.221 e. The first-order valence-corrected chi connectivity index (χ1v) is 8.57. The van der Waals surface area contributed by atoms with Gasteiger partial charge in [-0.25, -0.2) is 4.98 Å². The Morgan fingerprint density at radius 3 is 2.80 bits per heavy atom. The van der Waals surface area contributed by atoms with E-state index in [9.17, 15) is 4.79 Å². The van der Waals surface area contributed by atoms with Crippen molar-refractivity contribution in [3.05, 3.63) is 59.9 Å². The van der Waals surface area contributed by atoms with Crippen molar-refractivity contribution in [2.75, 3.05) is 11.9 Å². The molecule has 3 aromatic rings. The first-order valence-electron chi connectivity index (χ1n) is 8.57. The van der Waals surface area contributed by atoms with E-state index in [4.69, 9.17) is 0 Å². The Labute approximate surface area is 148 Å². The first kappa shape index (κ1) is 17.2. The number of hydrogen-bond donors (Lipinski definition) is 2. The van der Waals surface area contributed by atoms with Gasteiger partial charge in [-0.1, -0.05) is 24.3 Å². The second kappa shape index (κ2) is 7.49. The number of aryl methyl sites for hydroxylation is 1. The van der Waals surface area contributed by atoms with E-state index in [0.29, 0.717) is 0 Å². The predicted octanol–water partition coefficient (Wildman–Crippen LogP) is 3.65. The van der Waals surface area contributed by atoms with Crippen molar-refractivity contribution < 1.29 is 4.79 Å². The molecule has 0 aliphatic rings. The van der Waals surface area contributed by atoms with Crippen LogP contribution in [0.5, 0.6) is 0 Å². The van der Waals surface area contributed by atoms with Gasteiger partial charge in [0.15, 0.2) is 0 Å². The van der Waals surface area contributed by atoms with Gasteiger partial charge in [0.25, 0.3) is 0 Å². The molecule has 5 nitrogen and oxygen atoms in total. The van der Waals surface area contributed by atoms with Crippen molar-refractivity contribution >= 4 is 22.6 Å². The lowest BCUT2D eigenvalue weighted by atomic mass is 10.1. The molecule has 2 aromatic carbocycles. The second-order valence-corrected chi connectivity index (χ2v) is 6.28. The van der Waals surface area contributed by atoms with Gasteiger partial charge in [-0.15, -0.1) is 0 Å². The topological polar surface area (TPSA) is 59.0 Å². The molecule has 1 heterocycles. The van der Waals surface area contributed by atoms with E-state index >= 15 is 0 Å².